The topological polar surface area (TPSA) is 147 Å². The van der Waals surface area contributed by atoms with Crippen LogP contribution >= 0.6 is 0 Å². The van der Waals surface area contributed by atoms with Crippen molar-refractivity contribution in [3.8, 4) is 17.3 Å². The minimum atomic E-state index is -5.08. The number of aromatic nitrogens is 6. The van der Waals surface area contributed by atoms with Gasteiger partial charge in [-0.2, -0.15) is 23.5 Å². The average molecular weight is 447 g/mol. The molecule has 0 amide bonds. The van der Waals surface area contributed by atoms with Crippen molar-refractivity contribution in [1.82, 2.24) is 29.9 Å². The predicted octanol–water partition coefficient (Wildman–Crippen LogP) is 3.56. The maximum atomic E-state index is 10.6. The van der Waals surface area contributed by atoms with Crippen LogP contribution in [0.2, 0.25) is 0 Å². The summed E-state index contributed by atoms with van der Waals surface area (Å²) in [4.78, 5) is 20.6. The van der Waals surface area contributed by atoms with Gasteiger partial charge in [0.05, 0.1) is 36.1 Å². The van der Waals surface area contributed by atoms with Gasteiger partial charge in [0.25, 0.3) is 0 Å². The lowest BCUT2D eigenvalue weighted by Gasteiger charge is -2.14. The number of aliphatic carboxylic acids is 1. The molecule has 0 saturated heterocycles. The number of nitriles is 1. The van der Waals surface area contributed by atoms with E-state index in [2.05, 4.69) is 31.3 Å². The summed E-state index contributed by atoms with van der Waals surface area (Å²) < 4.78 is 38.8. The first-order valence-corrected chi connectivity index (χ1v) is 9.06. The van der Waals surface area contributed by atoms with Crippen molar-refractivity contribution < 1.29 is 27.6 Å². The summed E-state index contributed by atoms with van der Waals surface area (Å²) in [5.74, 6) is -2.06. The molecule has 2 N–H and O–H groups in total. The number of halogens is 3. The molecule has 1 unspecified atom stereocenters. The number of carboxylic acid groups (broad SMARTS) is 1. The Morgan fingerprint density at radius 1 is 1.38 bits per heavy atom. The zero-order valence-corrected chi connectivity index (χ0v) is 16.8. The smallest absolute Gasteiger partial charge is 0.475 e. The minimum Gasteiger partial charge on any atom is -0.475 e. The summed E-state index contributed by atoms with van der Waals surface area (Å²) in [6.07, 6.45) is 2.18. The summed E-state index contributed by atoms with van der Waals surface area (Å²) >= 11 is 0. The maximum Gasteiger partial charge on any atom is 0.490 e. The largest absolute Gasteiger partial charge is 0.490 e. The molecule has 4 heterocycles. The number of aromatic amines is 1. The number of alkyl halides is 3. The van der Waals surface area contributed by atoms with Gasteiger partial charge in [0.2, 0.25) is 0 Å². The first-order valence-electron chi connectivity index (χ1n) is 9.06. The summed E-state index contributed by atoms with van der Waals surface area (Å²) in [6, 6.07) is 3.90. The molecule has 4 aromatic heterocycles. The number of hydrogen-bond donors (Lipinski definition) is 2. The first kappa shape index (κ1) is 22.5. The molecule has 32 heavy (non-hydrogen) atoms. The normalized spacial score (nSPS) is 12.1. The van der Waals surface area contributed by atoms with Crippen LogP contribution in [0.15, 0.2) is 35.5 Å². The van der Waals surface area contributed by atoms with Gasteiger partial charge in [-0.15, -0.1) is 0 Å². The molecule has 1 atom stereocenters. The Hall–Kier alpha value is -4.21. The predicted molar refractivity (Wildman–Crippen MR) is 103 cm³/mol. The molecule has 0 aliphatic carbocycles. The molecule has 0 aliphatic rings. The number of carbonyl (C=O) groups is 1. The Morgan fingerprint density at radius 2 is 2.09 bits per heavy atom. The van der Waals surface area contributed by atoms with Crippen molar-refractivity contribution in [1.29, 1.82) is 5.26 Å². The number of nitrogens with zero attached hydrogens (tertiary/aromatic N) is 6. The highest BCUT2D eigenvalue weighted by atomic mass is 19.4. The lowest BCUT2D eigenvalue weighted by atomic mass is 10.0. The number of hydrogen-bond acceptors (Lipinski definition) is 7. The van der Waals surface area contributed by atoms with E-state index in [1.54, 1.807) is 10.9 Å². The zero-order chi connectivity index (χ0) is 23.5. The molecule has 4 aromatic rings. The Bertz CT molecular complexity index is 1260. The monoisotopic (exact) mass is 447 g/mol. The number of rotatable bonds is 4. The van der Waals surface area contributed by atoms with Gasteiger partial charge in [-0.05, 0) is 19.9 Å². The molecular formula is C19H16F3N7O3. The van der Waals surface area contributed by atoms with Gasteiger partial charge in [-0.25, -0.2) is 14.8 Å². The van der Waals surface area contributed by atoms with Gasteiger partial charge < -0.3 is 14.6 Å². The van der Waals surface area contributed by atoms with E-state index in [-0.39, 0.29) is 12.5 Å². The standard InChI is InChI=1S/C17H15N7O.C2HF3O2/c1-10-15(11(2)25-23-10)14(3-5-18)24-8-12(7-22-24)16-13-4-6-19-17(13)21-9-20-16;3-2(4,5)1(6)7/h4,6-9,14H,3H2,1-2H3,(H,19,20,21);(H,6,7). The molecule has 0 radical (unpaired) electrons. The Labute approximate surface area is 178 Å². The number of carboxylic acids is 1. The molecule has 4 rings (SSSR count). The fraction of sp³-hybridized carbons (Fsp3) is 0.263. The molecule has 10 nitrogen and oxygen atoms in total. The maximum absolute atomic E-state index is 10.6. The molecule has 0 spiro atoms. The number of fused-ring (bicyclic) bond motifs is 1. The van der Waals surface area contributed by atoms with Crippen LogP contribution < -0.4 is 0 Å². The summed E-state index contributed by atoms with van der Waals surface area (Å²) in [6.45, 7) is 3.71. The second kappa shape index (κ2) is 8.88. The van der Waals surface area contributed by atoms with E-state index in [1.807, 2.05) is 32.3 Å². The second-order valence-corrected chi connectivity index (χ2v) is 6.59. The highest BCUT2D eigenvalue weighted by Crippen LogP contribution is 2.30. The molecule has 0 bridgehead atoms. The number of aryl methyl sites for hydroxylation is 2. The minimum absolute atomic E-state index is 0.256. The van der Waals surface area contributed by atoms with Crippen LogP contribution in [0.4, 0.5) is 13.2 Å². The van der Waals surface area contributed by atoms with Crippen molar-refractivity contribution in [2.75, 3.05) is 0 Å². The summed E-state index contributed by atoms with van der Waals surface area (Å²) in [5.41, 5.74) is 4.10. The van der Waals surface area contributed by atoms with E-state index in [4.69, 9.17) is 14.4 Å². The van der Waals surface area contributed by atoms with Crippen LogP contribution in [0.5, 0.6) is 0 Å². The fourth-order valence-electron chi connectivity index (χ4n) is 3.11. The van der Waals surface area contributed by atoms with Gasteiger partial charge in [-0.3, -0.25) is 4.68 Å². The van der Waals surface area contributed by atoms with Gasteiger partial charge in [0.15, 0.2) is 0 Å². The summed E-state index contributed by atoms with van der Waals surface area (Å²) in [5, 5.41) is 25.8. The van der Waals surface area contributed by atoms with Gasteiger partial charge in [0, 0.05) is 28.9 Å². The highest BCUT2D eigenvalue weighted by Gasteiger charge is 2.38. The van der Waals surface area contributed by atoms with Crippen molar-refractivity contribution in [2.45, 2.75) is 32.5 Å². The molecular weight excluding hydrogens is 431 g/mol. The van der Waals surface area contributed by atoms with Crippen LogP contribution in [0.25, 0.3) is 22.3 Å². The molecule has 0 saturated carbocycles. The quantitative estimate of drug-likeness (QED) is 0.483. The van der Waals surface area contributed by atoms with Crippen LogP contribution in [0, 0.1) is 25.2 Å². The van der Waals surface area contributed by atoms with Crippen molar-refractivity contribution in [3.05, 3.63) is 48.0 Å². The zero-order valence-electron chi connectivity index (χ0n) is 16.8. The SMILES string of the molecule is Cc1noc(C)c1C(CC#N)n1cc(-c2ncnc3[nH]ccc23)cn1.O=C(O)C(F)(F)F. The van der Waals surface area contributed by atoms with E-state index in [9.17, 15) is 18.4 Å². The van der Waals surface area contributed by atoms with Crippen LogP contribution in [-0.2, 0) is 4.79 Å². The lowest BCUT2D eigenvalue weighted by molar-refractivity contribution is -0.192. The summed E-state index contributed by atoms with van der Waals surface area (Å²) in [7, 11) is 0. The lowest BCUT2D eigenvalue weighted by Crippen LogP contribution is -2.21. The van der Waals surface area contributed by atoms with E-state index < -0.39 is 12.1 Å². The molecule has 166 valence electrons. The van der Waals surface area contributed by atoms with Gasteiger partial charge >= 0.3 is 12.1 Å². The van der Waals surface area contributed by atoms with Gasteiger partial charge in [0.1, 0.15) is 17.7 Å². The van der Waals surface area contributed by atoms with Gasteiger partial charge in [-0.1, -0.05) is 5.16 Å². The first-order chi connectivity index (χ1) is 15.1. The Balaban J connectivity index is 0.000000360. The fourth-order valence-corrected chi connectivity index (χ4v) is 3.11. The Kier molecular flexibility index (Phi) is 6.24. The molecule has 0 aliphatic heterocycles. The van der Waals surface area contributed by atoms with E-state index in [0.29, 0.717) is 5.76 Å². The van der Waals surface area contributed by atoms with Crippen LogP contribution in [0.1, 0.15) is 29.5 Å². The second-order valence-electron chi connectivity index (χ2n) is 6.59. The third-order valence-electron chi connectivity index (χ3n) is 4.50. The third kappa shape index (κ3) is 4.59. The molecule has 0 fully saturated rings. The van der Waals surface area contributed by atoms with E-state index in [0.717, 1.165) is 33.5 Å². The van der Waals surface area contributed by atoms with E-state index in [1.165, 1.54) is 6.33 Å². The Morgan fingerprint density at radius 3 is 2.69 bits per heavy atom. The average Bonchev–Trinajstić information content (AvgIpc) is 3.46. The van der Waals surface area contributed by atoms with Crippen molar-refractivity contribution in [2.24, 2.45) is 0 Å². The number of nitrogens with one attached hydrogen (secondary N) is 1. The molecule has 0 aromatic carbocycles. The van der Waals surface area contributed by atoms with Crippen molar-refractivity contribution >= 4 is 17.0 Å². The third-order valence-corrected chi connectivity index (χ3v) is 4.50. The number of H-pyrrole nitrogens is 1. The molecule has 13 heteroatoms. The van der Waals surface area contributed by atoms with E-state index >= 15 is 0 Å². The highest BCUT2D eigenvalue weighted by molar-refractivity contribution is 5.89. The van der Waals surface area contributed by atoms with Crippen LogP contribution in [-0.4, -0.2) is 47.1 Å². The van der Waals surface area contributed by atoms with Crippen molar-refractivity contribution in [3.63, 3.8) is 0 Å². The van der Waals surface area contributed by atoms with Crippen LogP contribution in [0.3, 0.4) is 0 Å².